The smallest absolute Gasteiger partial charge is 0.243 e. The summed E-state index contributed by atoms with van der Waals surface area (Å²) in [6.45, 7) is 8.69. The molecule has 0 saturated heterocycles. The molecular weight excluding hydrogens is 248 g/mol. The van der Waals surface area contributed by atoms with Gasteiger partial charge in [-0.05, 0) is 30.5 Å². The van der Waals surface area contributed by atoms with E-state index in [1.807, 2.05) is 27.7 Å². The Morgan fingerprint density at radius 3 is 2.39 bits per heavy atom. The SMILES string of the molecule is CCN(CC(C)C)S(=O)(=O)c1ccc(C)c(N)c1. The molecule has 0 saturated carbocycles. The van der Waals surface area contributed by atoms with Gasteiger partial charge < -0.3 is 5.73 Å². The number of benzene rings is 1. The third-order valence-electron chi connectivity index (χ3n) is 2.81. The van der Waals surface area contributed by atoms with Gasteiger partial charge in [0.25, 0.3) is 0 Å². The molecule has 0 aromatic heterocycles. The number of nitrogens with zero attached hydrogens (tertiary/aromatic N) is 1. The average Bonchev–Trinajstić information content (AvgIpc) is 2.28. The first-order chi connectivity index (χ1) is 8.28. The fourth-order valence-corrected chi connectivity index (χ4v) is 3.38. The van der Waals surface area contributed by atoms with E-state index in [1.54, 1.807) is 12.1 Å². The van der Waals surface area contributed by atoms with Crippen LogP contribution < -0.4 is 5.73 Å². The largest absolute Gasteiger partial charge is 0.398 e. The van der Waals surface area contributed by atoms with Gasteiger partial charge in [-0.3, -0.25) is 0 Å². The van der Waals surface area contributed by atoms with Crippen molar-refractivity contribution in [3.05, 3.63) is 23.8 Å². The summed E-state index contributed by atoms with van der Waals surface area (Å²) >= 11 is 0. The van der Waals surface area contributed by atoms with Crippen LogP contribution in [0.3, 0.4) is 0 Å². The Hall–Kier alpha value is -1.07. The van der Waals surface area contributed by atoms with Gasteiger partial charge >= 0.3 is 0 Å². The fraction of sp³-hybridized carbons (Fsp3) is 0.538. The molecule has 1 rings (SSSR count). The van der Waals surface area contributed by atoms with Gasteiger partial charge in [-0.1, -0.05) is 26.8 Å². The molecule has 0 heterocycles. The van der Waals surface area contributed by atoms with Crippen molar-refractivity contribution in [3.8, 4) is 0 Å². The number of nitrogen functional groups attached to an aromatic ring is 1. The van der Waals surface area contributed by atoms with E-state index < -0.39 is 10.0 Å². The molecule has 0 aliphatic rings. The van der Waals surface area contributed by atoms with Crippen LogP contribution in [0, 0.1) is 12.8 Å². The summed E-state index contributed by atoms with van der Waals surface area (Å²) in [5, 5.41) is 0. The van der Waals surface area contributed by atoms with Crippen LogP contribution in [0.1, 0.15) is 26.3 Å². The molecule has 0 bridgehead atoms. The van der Waals surface area contributed by atoms with E-state index in [0.29, 0.717) is 24.7 Å². The summed E-state index contributed by atoms with van der Waals surface area (Å²) < 4.78 is 26.4. The molecule has 1 aromatic carbocycles. The van der Waals surface area contributed by atoms with Crippen LogP contribution in [0.5, 0.6) is 0 Å². The van der Waals surface area contributed by atoms with Gasteiger partial charge in [-0.25, -0.2) is 8.42 Å². The first-order valence-corrected chi connectivity index (χ1v) is 7.59. The molecule has 5 heteroatoms. The Kier molecular flexibility index (Phi) is 4.76. The Bertz CT molecular complexity index is 510. The van der Waals surface area contributed by atoms with Crippen molar-refractivity contribution in [3.63, 3.8) is 0 Å². The van der Waals surface area contributed by atoms with Gasteiger partial charge in [0.2, 0.25) is 10.0 Å². The number of hydrogen-bond acceptors (Lipinski definition) is 3. The molecule has 18 heavy (non-hydrogen) atoms. The second-order valence-electron chi connectivity index (χ2n) is 4.87. The van der Waals surface area contributed by atoms with Crippen LogP contribution >= 0.6 is 0 Å². The molecule has 0 atom stereocenters. The predicted molar refractivity (Wildman–Crippen MR) is 74.9 cm³/mol. The first kappa shape index (κ1) is 15.0. The molecule has 1 aromatic rings. The minimum Gasteiger partial charge on any atom is -0.398 e. The highest BCUT2D eigenvalue weighted by atomic mass is 32.2. The maximum atomic E-state index is 12.4. The van der Waals surface area contributed by atoms with Crippen molar-refractivity contribution >= 4 is 15.7 Å². The molecule has 4 nitrogen and oxygen atoms in total. The third-order valence-corrected chi connectivity index (χ3v) is 4.75. The van der Waals surface area contributed by atoms with Gasteiger partial charge in [0.15, 0.2) is 0 Å². The predicted octanol–water partition coefficient (Wildman–Crippen LogP) is 2.24. The molecule has 0 fully saturated rings. The lowest BCUT2D eigenvalue weighted by Crippen LogP contribution is -2.34. The number of anilines is 1. The van der Waals surface area contributed by atoms with Crippen molar-refractivity contribution in [2.24, 2.45) is 5.92 Å². The molecule has 0 aliphatic carbocycles. The fourth-order valence-electron chi connectivity index (χ4n) is 1.73. The number of rotatable bonds is 5. The number of sulfonamides is 1. The topological polar surface area (TPSA) is 63.4 Å². The standard InChI is InChI=1S/C13H22N2O2S/c1-5-15(9-10(2)3)18(16,17)12-7-6-11(4)13(14)8-12/h6-8,10H,5,9,14H2,1-4H3. The van der Waals surface area contributed by atoms with Crippen molar-refractivity contribution < 1.29 is 8.42 Å². The number of hydrogen-bond donors (Lipinski definition) is 1. The molecule has 0 spiro atoms. The monoisotopic (exact) mass is 270 g/mol. The molecule has 2 N–H and O–H groups in total. The van der Waals surface area contributed by atoms with Gasteiger partial charge in [0, 0.05) is 18.8 Å². The van der Waals surface area contributed by atoms with Crippen LogP contribution in [0.15, 0.2) is 23.1 Å². The molecule has 102 valence electrons. The zero-order chi connectivity index (χ0) is 13.9. The summed E-state index contributed by atoms with van der Waals surface area (Å²) in [6, 6.07) is 4.89. The third kappa shape index (κ3) is 3.23. The van der Waals surface area contributed by atoms with Crippen LogP contribution in [0.25, 0.3) is 0 Å². The summed E-state index contributed by atoms with van der Waals surface area (Å²) in [5.74, 6) is 0.294. The van der Waals surface area contributed by atoms with E-state index >= 15 is 0 Å². The van der Waals surface area contributed by atoms with Crippen LogP contribution in [0.2, 0.25) is 0 Å². The highest BCUT2D eigenvalue weighted by Gasteiger charge is 2.23. The van der Waals surface area contributed by atoms with E-state index in [0.717, 1.165) is 5.56 Å². The molecule has 0 unspecified atom stereocenters. The normalized spacial score (nSPS) is 12.3. The van der Waals surface area contributed by atoms with Crippen molar-refractivity contribution in [2.75, 3.05) is 18.8 Å². The summed E-state index contributed by atoms with van der Waals surface area (Å²) in [5.41, 5.74) is 7.18. The highest BCUT2D eigenvalue weighted by molar-refractivity contribution is 7.89. The van der Waals surface area contributed by atoms with E-state index in [1.165, 1.54) is 10.4 Å². The minimum absolute atomic E-state index is 0.271. The van der Waals surface area contributed by atoms with Crippen molar-refractivity contribution in [1.29, 1.82) is 0 Å². The van der Waals surface area contributed by atoms with Crippen LogP contribution in [0.4, 0.5) is 5.69 Å². The zero-order valence-corrected chi connectivity index (χ0v) is 12.3. The lowest BCUT2D eigenvalue weighted by molar-refractivity contribution is 0.381. The van der Waals surface area contributed by atoms with Crippen molar-refractivity contribution in [2.45, 2.75) is 32.6 Å². The minimum atomic E-state index is -3.43. The average molecular weight is 270 g/mol. The van der Waals surface area contributed by atoms with E-state index in [2.05, 4.69) is 0 Å². The second kappa shape index (κ2) is 5.71. The zero-order valence-electron chi connectivity index (χ0n) is 11.5. The lowest BCUT2D eigenvalue weighted by atomic mass is 10.2. The lowest BCUT2D eigenvalue weighted by Gasteiger charge is -2.22. The Morgan fingerprint density at radius 1 is 1.33 bits per heavy atom. The van der Waals surface area contributed by atoms with Crippen LogP contribution in [-0.2, 0) is 10.0 Å². The maximum absolute atomic E-state index is 12.4. The highest BCUT2D eigenvalue weighted by Crippen LogP contribution is 2.21. The summed E-state index contributed by atoms with van der Waals surface area (Å²) in [6.07, 6.45) is 0. The first-order valence-electron chi connectivity index (χ1n) is 6.15. The molecule has 0 radical (unpaired) electrons. The maximum Gasteiger partial charge on any atom is 0.243 e. The molecule has 0 amide bonds. The quantitative estimate of drug-likeness (QED) is 0.835. The summed E-state index contributed by atoms with van der Waals surface area (Å²) in [4.78, 5) is 0.271. The second-order valence-corrected chi connectivity index (χ2v) is 6.81. The Morgan fingerprint density at radius 2 is 1.94 bits per heavy atom. The van der Waals surface area contributed by atoms with Gasteiger partial charge in [-0.15, -0.1) is 0 Å². The van der Waals surface area contributed by atoms with E-state index in [-0.39, 0.29) is 4.90 Å². The van der Waals surface area contributed by atoms with E-state index in [4.69, 9.17) is 5.73 Å². The summed E-state index contributed by atoms with van der Waals surface area (Å²) in [7, 11) is -3.43. The van der Waals surface area contributed by atoms with Gasteiger partial charge in [-0.2, -0.15) is 4.31 Å². The van der Waals surface area contributed by atoms with Crippen molar-refractivity contribution in [1.82, 2.24) is 4.31 Å². The number of nitrogens with two attached hydrogens (primary N) is 1. The van der Waals surface area contributed by atoms with Gasteiger partial charge in [0.05, 0.1) is 4.90 Å². The Labute approximate surface area is 110 Å². The number of aryl methyl sites for hydroxylation is 1. The van der Waals surface area contributed by atoms with E-state index in [9.17, 15) is 8.42 Å². The Balaban J connectivity index is 3.14. The van der Waals surface area contributed by atoms with Gasteiger partial charge in [0.1, 0.15) is 0 Å². The van der Waals surface area contributed by atoms with Crippen LogP contribution in [-0.4, -0.2) is 25.8 Å². The molecule has 0 aliphatic heterocycles. The molecular formula is C13H22N2O2S.